The molecular formula is C13H15ClF2N2O3S. The van der Waals surface area contributed by atoms with Gasteiger partial charge in [0, 0.05) is 49.5 Å². The molecule has 1 aromatic carbocycles. The summed E-state index contributed by atoms with van der Waals surface area (Å²) in [6, 6.07) is 5.97. The molecule has 0 unspecified atom stereocenters. The van der Waals surface area contributed by atoms with Crippen LogP contribution >= 0.6 is 10.7 Å². The molecule has 1 saturated heterocycles. The Kier molecular flexibility index (Phi) is 4.62. The summed E-state index contributed by atoms with van der Waals surface area (Å²) in [5.41, 5.74) is 0.749. The Morgan fingerprint density at radius 3 is 2.05 bits per heavy atom. The van der Waals surface area contributed by atoms with Gasteiger partial charge in [-0.2, -0.15) is 8.78 Å². The third-order valence-corrected chi connectivity index (χ3v) is 4.80. The summed E-state index contributed by atoms with van der Waals surface area (Å²) in [4.78, 5) is 14.5. The molecule has 1 aliphatic rings. The average molecular weight is 353 g/mol. The van der Waals surface area contributed by atoms with Gasteiger partial charge in [-0.3, -0.25) is 4.79 Å². The number of anilines is 1. The molecular weight excluding hydrogens is 338 g/mol. The number of hydrogen-bond donors (Lipinski definition) is 0. The number of alkyl halides is 2. The molecule has 0 N–H and O–H groups in total. The van der Waals surface area contributed by atoms with Gasteiger partial charge >= 0.3 is 5.92 Å². The molecule has 0 bridgehead atoms. The highest BCUT2D eigenvalue weighted by atomic mass is 35.7. The minimum absolute atomic E-state index is 0.00245. The van der Waals surface area contributed by atoms with Crippen molar-refractivity contribution in [1.29, 1.82) is 0 Å². The first-order chi connectivity index (χ1) is 10.1. The number of hydrogen-bond acceptors (Lipinski definition) is 4. The molecule has 1 heterocycles. The highest BCUT2D eigenvalue weighted by molar-refractivity contribution is 8.13. The van der Waals surface area contributed by atoms with Gasteiger partial charge in [0.1, 0.15) is 0 Å². The Morgan fingerprint density at radius 2 is 1.64 bits per heavy atom. The number of carbonyl (C=O) groups is 1. The first-order valence-electron chi connectivity index (χ1n) is 6.56. The summed E-state index contributed by atoms with van der Waals surface area (Å²) in [5, 5.41) is 0. The highest BCUT2D eigenvalue weighted by Gasteiger charge is 2.37. The molecule has 0 atom stereocenters. The maximum atomic E-state index is 13.0. The zero-order chi connectivity index (χ0) is 16.5. The van der Waals surface area contributed by atoms with Crippen LogP contribution < -0.4 is 4.90 Å². The molecule has 1 amide bonds. The highest BCUT2D eigenvalue weighted by Crippen LogP contribution is 2.23. The van der Waals surface area contributed by atoms with Gasteiger partial charge in [-0.1, -0.05) is 0 Å². The van der Waals surface area contributed by atoms with E-state index in [0.29, 0.717) is 20.0 Å². The molecule has 0 saturated carbocycles. The van der Waals surface area contributed by atoms with Crippen molar-refractivity contribution in [2.45, 2.75) is 17.7 Å². The Bertz CT molecular complexity index is 651. The van der Waals surface area contributed by atoms with E-state index in [-0.39, 0.29) is 18.0 Å². The van der Waals surface area contributed by atoms with Crippen LogP contribution in [0, 0.1) is 0 Å². The SMILES string of the molecule is CC(F)(F)C(=O)N1CCN(c2ccc(S(=O)(=O)Cl)cc2)CC1. The minimum atomic E-state index is -3.77. The van der Waals surface area contributed by atoms with Gasteiger partial charge in [-0.15, -0.1) is 0 Å². The van der Waals surface area contributed by atoms with E-state index in [4.69, 9.17) is 10.7 Å². The molecule has 1 fully saturated rings. The summed E-state index contributed by atoms with van der Waals surface area (Å²) < 4.78 is 48.3. The molecule has 1 aliphatic heterocycles. The van der Waals surface area contributed by atoms with Crippen LogP contribution in [0.15, 0.2) is 29.2 Å². The maximum absolute atomic E-state index is 13.0. The van der Waals surface area contributed by atoms with Gasteiger partial charge in [-0.05, 0) is 24.3 Å². The molecule has 122 valence electrons. The van der Waals surface area contributed by atoms with E-state index in [1.165, 1.54) is 12.1 Å². The van der Waals surface area contributed by atoms with E-state index >= 15 is 0 Å². The second-order valence-corrected chi connectivity index (χ2v) is 7.67. The number of halogens is 3. The van der Waals surface area contributed by atoms with E-state index in [1.807, 2.05) is 4.90 Å². The fourth-order valence-electron chi connectivity index (χ4n) is 2.26. The van der Waals surface area contributed by atoms with Gasteiger partial charge in [0.05, 0.1) is 4.90 Å². The lowest BCUT2D eigenvalue weighted by atomic mass is 10.2. The summed E-state index contributed by atoms with van der Waals surface area (Å²) in [6.07, 6.45) is 0. The Hall–Kier alpha value is -1.41. The number of nitrogens with zero attached hydrogens (tertiary/aromatic N) is 2. The third-order valence-electron chi connectivity index (χ3n) is 3.43. The molecule has 5 nitrogen and oxygen atoms in total. The summed E-state index contributed by atoms with van der Waals surface area (Å²) in [5.74, 6) is -4.53. The van der Waals surface area contributed by atoms with Gasteiger partial charge in [0.2, 0.25) is 0 Å². The molecule has 22 heavy (non-hydrogen) atoms. The quantitative estimate of drug-likeness (QED) is 0.780. The molecule has 0 aliphatic carbocycles. The first-order valence-corrected chi connectivity index (χ1v) is 8.87. The standard InChI is InChI=1S/C13H15ClF2N2O3S/c1-13(15,16)12(19)18-8-6-17(7-9-18)10-2-4-11(5-3-10)22(14,20)21/h2-5H,6-9H2,1H3. The van der Waals surface area contributed by atoms with Crippen LogP contribution in [-0.4, -0.2) is 51.3 Å². The van der Waals surface area contributed by atoms with Crippen LogP contribution in [0.4, 0.5) is 14.5 Å². The van der Waals surface area contributed by atoms with E-state index in [9.17, 15) is 22.0 Å². The average Bonchev–Trinajstić information content (AvgIpc) is 2.45. The predicted octanol–water partition coefficient (Wildman–Crippen LogP) is 1.92. The number of piperazine rings is 1. The second kappa shape index (κ2) is 6.00. The lowest BCUT2D eigenvalue weighted by Crippen LogP contribution is -2.52. The fourth-order valence-corrected chi connectivity index (χ4v) is 3.03. The van der Waals surface area contributed by atoms with Crippen molar-refractivity contribution in [3.63, 3.8) is 0 Å². The monoisotopic (exact) mass is 352 g/mol. The Labute approximate surface area is 131 Å². The van der Waals surface area contributed by atoms with Crippen molar-refractivity contribution in [2.24, 2.45) is 0 Å². The molecule has 9 heteroatoms. The van der Waals surface area contributed by atoms with Crippen LogP contribution in [0.5, 0.6) is 0 Å². The molecule has 1 aromatic rings. The van der Waals surface area contributed by atoms with Gasteiger partial charge in [-0.25, -0.2) is 8.42 Å². The van der Waals surface area contributed by atoms with E-state index in [2.05, 4.69) is 0 Å². The van der Waals surface area contributed by atoms with Crippen LogP contribution in [0.1, 0.15) is 6.92 Å². The minimum Gasteiger partial charge on any atom is -0.368 e. The van der Waals surface area contributed by atoms with Crippen LogP contribution in [-0.2, 0) is 13.8 Å². The molecule has 0 radical (unpaired) electrons. The number of amides is 1. The summed E-state index contributed by atoms with van der Waals surface area (Å²) >= 11 is 0. The van der Waals surface area contributed by atoms with Crippen molar-refractivity contribution in [1.82, 2.24) is 4.90 Å². The Morgan fingerprint density at radius 1 is 1.14 bits per heavy atom. The topological polar surface area (TPSA) is 57.7 Å². The van der Waals surface area contributed by atoms with Gasteiger partial charge in [0.25, 0.3) is 15.0 Å². The van der Waals surface area contributed by atoms with Crippen molar-refractivity contribution in [3.05, 3.63) is 24.3 Å². The smallest absolute Gasteiger partial charge is 0.322 e. The largest absolute Gasteiger partial charge is 0.368 e. The summed E-state index contributed by atoms with van der Waals surface area (Å²) in [6.45, 7) is 1.77. The predicted molar refractivity (Wildman–Crippen MR) is 78.9 cm³/mol. The fraction of sp³-hybridized carbons (Fsp3) is 0.462. The number of benzene rings is 1. The van der Waals surface area contributed by atoms with Crippen molar-refractivity contribution < 1.29 is 22.0 Å². The van der Waals surface area contributed by atoms with Crippen molar-refractivity contribution in [2.75, 3.05) is 31.1 Å². The summed E-state index contributed by atoms with van der Waals surface area (Å²) in [7, 11) is 1.47. The third kappa shape index (κ3) is 3.86. The van der Waals surface area contributed by atoms with Crippen LogP contribution in [0.25, 0.3) is 0 Å². The molecule has 0 spiro atoms. The van der Waals surface area contributed by atoms with Crippen molar-refractivity contribution >= 4 is 31.3 Å². The van der Waals surface area contributed by atoms with Crippen LogP contribution in [0.3, 0.4) is 0 Å². The number of rotatable bonds is 3. The lowest BCUT2D eigenvalue weighted by Gasteiger charge is -2.37. The van der Waals surface area contributed by atoms with Crippen LogP contribution in [0.2, 0.25) is 0 Å². The van der Waals surface area contributed by atoms with Gasteiger partial charge in [0.15, 0.2) is 0 Å². The van der Waals surface area contributed by atoms with E-state index in [0.717, 1.165) is 10.6 Å². The van der Waals surface area contributed by atoms with E-state index in [1.54, 1.807) is 12.1 Å². The Balaban J connectivity index is 2.02. The van der Waals surface area contributed by atoms with E-state index < -0.39 is 20.9 Å². The lowest BCUT2D eigenvalue weighted by molar-refractivity contribution is -0.155. The molecule has 2 rings (SSSR count). The van der Waals surface area contributed by atoms with Crippen molar-refractivity contribution in [3.8, 4) is 0 Å². The second-order valence-electron chi connectivity index (χ2n) is 5.10. The zero-order valence-corrected chi connectivity index (χ0v) is 13.4. The molecule has 0 aromatic heterocycles. The van der Waals surface area contributed by atoms with Gasteiger partial charge < -0.3 is 9.80 Å². The maximum Gasteiger partial charge on any atom is 0.322 e. The zero-order valence-electron chi connectivity index (χ0n) is 11.8. The first kappa shape index (κ1) is 17.0. The normalized spacial score (nSPS) is 16.7. The number of carbonyl (C=O) groups excluding carboxylic acids is 1.